The van der Waals surface area contributed by atoms with Crippen molar-refractivity contribution in [1.82, 2.24) is 10.3 Å². The van der Waals surface area contributed by atoms with Gasteiger partial charge in [-0.05, 0) is 31.0 Å². The van der Waals surface area contributed by atoms with Gasteiger partial charge in [-0.3, -0.25) is 9.59 Å². The van der Waals surface area contributed by atoms with Crippen LogP contribution in [0.4, 0.5) is 5.69 Å². The van der Waals surface area contributed by atoms with Crippen molar-refractivity contribution >= 4 is 29.4 Å². The third-order valence-corrected chi connectivity index (χ3v) is 5.59. The van der Waals surface area contributed by atoms with Crippen molar-refractivity contribution in [2.24, 2.45) is 5.41 Å². The molecule has 1 fully saturated rings. The minimum atomic E-state index is -0.970. The maximum absolute atomic E-state index is 12.5. The van der Waals surface area contributed by atoms with E-state index in [1.54, 1.807) is 6.20 Å². The first-order chi connectivity index (χ1) is 14.9. The lowest BCUT2D eigenvalue weighted by Gasteiger charge is -2.33. The van der Waals surface area contributed by atoms with Gasteiger partial charge in [0.1, 0.15) is 5.75 Å². The number of aliphatic carboxylic acids is 1. The van der Waals surface area contributed by atoms with Crippen molar-refractivity contribution < 1.29 is 19.8 Å². The summed E-state index contributed by atoms with van der Waals surface area (Å²) in [5, 5.41) is 33.3. The van der Waals surface area contributed by atoms with Crippen molar-refractivity contribution in [2.45, 2.75) is 32.1 Å². The van der Waals surface area contributed by atoms with Gasteiger partial charge in [0.2, 0.25) is 0 Å². The zero-order valence-corrected chi connectivity index (χ0v) is 17.1. The van der Waals surface area contributed by atoms with Gasteiger partial charge in [0.25, 0.3) is 5.91 Å². The summed E-state index contributed by atoms with van der Waals surface area (Å²) in [5.74, 6) is -1.87. The fourth-order valence-electron chi connectivity index (χ4n) is 3.72. The molecule has 0 spiro atoms. The van der Waals surface area contributed by atoms with Gasteiger partial charge in [-0.15, -0.1) is 0 Å². The van der Waals surface area contributed by atoms with Crippen LogP contribution in [0.5, 0.6) is 5.75 Å². The monoisotopic (exact) mass is 422 g/mol. The molecule has 0 bridgehead atoms. The Hall–Kier alpha value is -3.68. The van der Waals surface area contributed by atoms with Crippen LogP contribution >= 0.6 is 0 Å². The van der Waals surface area contributed by atoms with Gasteiger partial charge >= 0.3 is 5.97 Å². The van der Waals surface area contributed by atoms with Crippen molar-refractivity contribution in [3.63, 3.8) is 0 Å². The van der Waals surface area contributed by atoms with Gasteiger partial charge in [-0.25, -0.2) is 4.98 Å². The first-order valence-corrected chi connectivity index (χ1v) is 10.2. The van der Waals surface area contributed by atoms with Crippen molar-refractivity contribution in [1.29, 1.82) is 5.41 Å². The lowest BCUT2D eigenvalue weighted by molar-refractivity contribution is -0.150. The SMILES string of the molecule is N=C/C(=C\Nc1ccccc1)c1cnc(C(=O)NCC2(C(=O)O)CCCCC2)c(O)c1. The molecule has 1 aromatic carbocycles. The Bertz CT molecular complexity index is 982. The van der Waals surface area contributed by atoms with Gasteiger partial charge in [0, 0.05) is 42.0 Å². The van der Waals surface area contributed by atoms with E-state index >= 15 is 0 Å². The molecule has 8 nitrogen and oxygen atoms in total. The van der Waals surface area contributed by atoms with Crippen LogP contribution in [0, 0.1) is 10.8 Å². The van der Waals surface area contributed by atoms with Crippen LogP contribution in [0.1, 0.15) is 48.2 Å². The normalized spacial score (nSPS) is 15.7. The first-order valence-electron chi connectivity index (χ1n) is 10.2. The molecule has 3 rings (SSSR count). The highest BCUT2D eigenvalue weighted by Crippen LogP contribution is 2.36. The van der Waals surface area contributed by atoms with Gasteiger partial charge in [-0.1, -0.05) is 37.5 Å². The molecule has 0 saturated heterocycles. The van der Waals surface area contributed by atoms with E-state index in [1.165, 1.54) is 12.3 Å². The molecular formula is C23H26N4O4. The number of aromatic nitrogens is 1. The summed E-state index contributed by atoms with van der Waals surface area (Å²) < 4.78 is 0. The second-order valence-electron chi connectivity index (χ2n) is 7.67. The number of carbonyl (C=O) groups is 2. The number of carboxylic acid groups (broad SMARTS) is 1. The van der Waals surface area contributed by atoms with Gasteiger partial charge in [-0.2, -0.15) is 0 Å². The number of amides is 1. The van der Waals surface area contributed by atoms with Crippen molar-refractivity contribution in [3.05, 3.63) is 60.1 Å². The molecule has 1 aliphatic carbocycles. The summed E-state index contributed by atoms with van der Waals surface area (Å²) in [6, 6.07) is 10.8. The second-order valence-corrected chi connectivity index (χ2v) is 7.67. The predicted octanol–water partition coefficient (Wildman–Crippen LogP) is 3.65. The number of hydrogen-bond donors (Lipinski definition) is 5. The number of aromatic hydroxyl groups is 1. The van der Waals surface area contributed by atoms with Crippen LogP contribution in [-0.2, 0) is 4.79 Å². The molecule has 162 valence electrons. The number of benzene rings is 1. The molecule has 31 heavy (non-hydrogen) atoms. The van der Waals surface area contributed by atoms with E-state index in [1.807, 2.05) is 30.3 Å². The maximum atomic E-state index is 12.5. The van der Waals surface area contributed by atoms with Gasteiger partial charge in [0.15, 0.2) is 5.69 Å². The first kappa shape index (κ1) is 22.0. The number of carboxylic acids is 1. The van der Waals surface area contributed by atoms with Crippen LogP contribution in [-0.4, -0.2) is 39.8 Å². The highest BCUT2D eigenvalue weighted by atomic mass is 16.4. The number of anilines is 1. The molecule has 1 amide bonds. The third-order valence-electron chi connectivity index (χ3n) is 5.59. The highest BCUT2D eigenvalue weighted by molar-refractivity contribution is 6.09. The Labute approximate surface area is 180 Å². The Morgan fingerprint density at radius 2 is 1.87 bits per heavy atom. The van der Waals surface area contributed by atoms with Crippen LogP contribution in [0.15, 0.2) is 48.8 Å². The van der Waals surface area contributed by atoms with Gasteiger partial charge < -0.3 is 26.3 Å². The summed E-state index contributed by atoms with van der Waals surface area (Å²) in [7, 11) is 0. The average Bonchev–Trinajstić information content (AvgIpc) is 2.79. The molecule has 0 unspecified atom stereocenters. The van der Waals surface area contributed by atoms with E-state index in [-0.39, 0.29) is 18.0 Å². The minimum Gasteiger partial charge on any atom is -0.505 e. The fourth-order valence-corrected chi connectivity index (χ4v) is 3.72. The molecule has 1 aromatic heterocycles. The molecule has 1 saturated carbocycles. The summed E-state index contributed by atoms with van der Waals surface area (Å²) in [6.07, 6.45) is 7.78. The van der Waals surface area contributed by atoms with Gasteiger partial charge in [0.05, 0.1) is 5.41 Å². The zero-order valence-electron chi connectivity index (χ0n) is 17.1. The molecule has 1 aliphatic rings. The highest BCUT2D eigenvalue weighted by Gasteiger charge is 2.40. The molecule has 0 atom stereocenters. The second kappa shape index (κ2) is 9.88. The Kier molecular flexibility index (Phi) is 7.02. The van der Waals surface area contributed by atoms with Crippen LogP contribution in [0.3, 0.4) is 0 Å². The van der Waals surface area contributed by atoms with E-state index in [9.17, 15) is 19.8 Å². The minimum absolute atomic E-state index is 0.00329. The molecular weight excluding hydrogens is 396 g/mol. The predicted molar refractivity (Wildman–Crippen MR) is 118 cm³/mol. The lowest BCUT2D eigenvalue weighted by Crippen LogP contribution is -2.44. The lowest BCUT2D eigenvalue weighted by atomic mass is 9.74. The molecule has 2 aromatic rings. The molecule has 1 heterocycles. The van der Waals surface area contributed by atoms with Crippen molar-refractivity contribution in [2.75, 3.05) is 11.9 Å². The molecule has 0 radical (unpaired) electrons. The van der Waals surface area contributed by atoms with E-state index in [2.05, 4.69) is 15.6 Å². The number of nitrogens with one attached hydrogen (secondary N) is 3. The van der Waals surface area contributed by atoms with E-state index in [0.717, 1.165) is 31.2 Å². The maximum Gasteiger partial charge on any atom is 0.311 e. The number of nitrogens with zero attached hydrogens (tertiary/aromatic N) is 1. The van der Waals surface area contributed by atoms with Crippen LogP contribution in [0.2, 0.25) is 0 Å². The molecule has 5 N–H and O–H groups in total. The molecule has 8 heteroatoms. The summed E-state index contributed by atoms with van der Waals surface area (Å²) in [4.78, 5) is 28.3. The number of allylic oxidation sites excluding steroid dienone is 1. The summed E-state index contributed by atoms with van der Waals surface area (Å²) in [6.45, 7) is -0.00329. The number of hydrogen-bond acceptors (Lipinski definition) is 6. The fraction of sp³-hybridized carbons (Fsp3) is 0.304. The number of rotatable bonds is 8. The summed E-state index contributed by atoms with van der Waals surface area (Å²) in [5.41, 5.74) is 0.612. The summed E-state index contributed by atoms with van der Waals surface area (Å²) >= 11 is 0. The van der Waals surface area contributed by atoms with E-state index in [4.69, 9.17) is 5.41 Å². The standard InChI is InChI=1S/C23H26N4O4/c24-12-17(14-25-18-7-3-1-4-8-18)16-11-19(28)20(26-13-16)21(29)27-15-23(22(30)31)9-5-2-6-10-23/h1,3-4,7-8,11-14,24-25,28H,2,5-6,9-10,15H2,(H,27,29)(H,30,31)/b17-14+,24-12?. The average molecular weight is 422 g/mol. The largest absolute Gasteiger partial charge is 0.505 e. The third kappa shape index (κ3) is 5.28. The number of para-hydroxylation sites is 1. The van der Waals surface area contributed by atoms with Crippen molar-refractivity contribution in [3.8, 4) is 5.75 Å². The number of pyridine rings is 1. The Balaban J connectivity index is 1.71. The smallest absolute Gasteiger partial charge is 0.311 e. The topological polar surface area (TPSA) is 135 Å². The molecule has 0 aliphatic heterocycles. The Morgan fingerprint density at radius 1 is 1.16 bits per heavy atom. The zero-order chi connectivity index (χ0) is 22.3. The van der Waals surface area contributed by atoms with E-state index in [0.29, 0.717) is 24.0 Å². The quantitative estimate of drug-likeness (QED) is 0.412. The number of carbonyl (C=O) groups excluding carboxylic acids is 1. The van der Waals surface area contributed by atoms with E-state index < -0.39 is 17.3 Å². The van der Waals surface area contributed by atoms with Crippen LogP contribution in [0.25, 0.3) is 5.57 Å². The van der Waals surface area contributed by atoms with Crippen LogP contribution < -0.4 is 10.6 Å². The Morgan fingerprint density at radius 3 is 2.48 bits per heavy atom.